The second kappa shape index (κ2) is 9.24. The van der Waals surface area contributed by atoms with Crippen LogP contribution in [0, 0.1) is 18.3 Å². The Morgan fingerprint density at radius 2 is 1.66 bits per heavy atom. The molecular weight excluding hydrogens is 555 g/mol. The first-order valence-electron chi connectivity index (χ1n) is 11.7. The molecule has 0 amide bonds. The van der Waals surface area contributed by atoms with Crippen molar-refractivity contribution in [3.8, 4) is 11.8 Å². The molecule has 5 rings (SSSR count). The second-order valence-electron chi connectivity index (χ2n) is 9.21. The van der Waals surface area contributed by atoms with E-state index < -0.39 is 0 Å². The molecule has 2 aliphatic heterocycles. The van der Waals surface area contributed by atoms with Crippen molar-refractivity contribution >= 4 is 56.5 Å². The van der Waals surface area contributed by atoms with Crippen molar-refractivity contribution in [1.82, 2.24) is 7.68 Å². The molecule has 8 nitrogen and oxygen atoms in total. The fourth-order valence-corrected chi connectivity index (χ4v) is 5.55. The van der Waals surface area contributed by atoms with Gasteiger partial charge >= 0.3 is 0 Å². The van der Waals surface area contributed by atoms with Gasteiger partial charge in [0, 0.05) is 99.3 Å². The number of aryl methyl sites for hydroxylation is 2. The van der Waals surface area contributed by atoms with Gasteiger partial charge in [-0.1, -0.05) is 0 Å². The monoisotopic (exact) mass is 584 g/mol. The molecule has 0 saturated carbocycles. The molecule has 35 heavy (non-hydrogen) atoms. The van der Waals surface area contributed by atoms with Gasteiger partial charge in [-0.05, 0) is 25.1 Å². The predicted molar refractivity (Wildman–Crippen MR) is 150 cm³/mol. The maximum Gasteiger partial charge on any atom is 0.253 e. The third kappa shape index (κ3) is 4.08. The number of hydrogen-bond donors (Lipinski definition) is 0. The van der Waals surface area contributed by atoms with Crippen molar-refractivity contribution in [3.63, 3.8) is 0 Å². The minimum absolute atomic E-state index is 0.0153. The van der Waals surface area contributed by atoms with Gasteiger partial charge in [0.05, 0.1) is 40.9 Å². The van der Waals surface area contributed by atoms with E-state index in [0.29, 0.717) is 16.9 Å². The zero-order valence-corrected chi connectivity index (χ0v) is 22.7. The van der Waals surface area contributed by atoms with Crippen LogP contribution in [-0.4, -0.2) is 61.1 Å². The minimum Gasteiger partial charge on any atom is -0.497 e. The molecule has 0 bridgehead atoms. The van der Waals surface area contributed by atoms with Crippen molar-refractivity contribution in [3.05, 3.63) is 51.8 Å². The molecule has 9 heteroatoms. The van der Waals surface area contributed by atoms with Crippen molar-refractivity contribution in [2.24, 2.45) is 7.05 Å². The van der Waals surface area contributed by atoms with Crippen LogP contribution < -0.4 is 25.0 Å². The molecule has 2 aromatic carbocycles. The molecule has 0 atom stereocenters. The summed E-state index contributed by atoms with van der Waals surface area (Å²) in [7, 11) is 5.55. The van der Waals surface area contributed by atoms with Crippen LogP contribution in [0.15, 0.2) is 35.1 Å². The third-order valence-electron chi connectivity index (χ3n) is 7.14. The van der Waals surface area contributed by atoms with Crippen molar-refractivity contribution in [1.29, 1.82) is 5.26 Å². The van der Waals surface area contributed by atoms with E-state index in [0.717, 1.165) is 72.9 Å². The Bertz CT molecular complexity index is 1400. The van der Waals surface area contributed by atoms with E-state index in [9.17, 15) is 10.1 Å². The molecule has 3 heterocycles. The van der Waals surface area contributed by atoms with E-state index in [4.69, 9.17) is 4.74 Å². The lowest BCUT2D eigenvalue weighted by Gasteiger charge is -2.40. The summed E-state index contributed by atoms with van der Waals surface area (Å²) >= 11 is 2.37. The average Bonchev–Trinajstić information content (AvgIpc) is 2.87. The number of ether oxygens (including phenoxy) is 1. The number of likely N-dealkylation sites (N-methyl/N-ethyl adjacent to an activating group) is 1. The number of rotatable bonds is 3. The topological polar surface area (TPSA) is 68.0 Å². The van der Waals surface area contributed by atoms with Gasteiger partial charge in [-0.15, -0.1) is 0 Å². The SMILES string of the molecule is COc1cc(N2CCN(C)c3cc(N4CCN(I)CC4)c(C#N)cc32)c2cc(C)c(=O)n(C)c2c1. The lowest BCUT2D eigenvalue weighted by molar-refractivity contribution is 0.415. The van der Waals surface area contributed by atoms with Gasteiger partial charge in [0.25, 0.3) is 5.56 Å². The third-order valence-corrected chi connectivity index (χ3v) is 8.11. The Labute approximate surface area is 219 Å². The van der Waals surface area contributed by atoms with Gasteiger partial charge in [-0.2, -0.15) is 5.26 Å². The standard InChI is InChI=1S/C26H29IN6O2/c1-17-11-20-22(30(3)26(17)34)13-19(35-4)14-23(20)33-10-5-29(2)24-15-21(18(16-28)12-25(24)33)31-6-8-32(27)9-7-31/h11-15H,5-10H2,1-4H3. The fraction of sp³-hybridized carbons (Fsp3) is 0.385. The normalized spacial score (nSPS) is 16.4. The Kier molecular flexibility index (Phi) is 6.27. The van der Waals surface area contributed by atoms with Gasteiger partial charge in [-0.3, -0.25) is 4.79 Å². The molecule has 2 aliphatic rings. The van der Waals surface area contributed by atoms with E-state index in [1.54, 1.807) is 18.7 Å². The van der Waals surface area contributed by atoms with Crippen LogP contribution in [0.4, 0.5) is 22.7 Å². The maximum absolute atomic E-state index is 12.7. The largest absolute Gasteiger partial charge is 0.497 e. The number of anilines is 4. The van der Waals surface area contributed by atoms with Crippen molar-refractivity contribution in [2.75, 3.05) is 68.1 Å². The van der Waals surface area contributed by atoms with E-state index >= 15 is 0 Å². The van der Waals surface area contributed by atoms with Crippen LogP contribution in [0.1, 0.15) is 11.1 Å². The van der Waals surface area contributed by atoms with Crippen LogP contribution in [0.3, 0.4) is 0 Å². The number of aromatic nitrogens is 1. The van der Waals surface area contributed by atoms with Gasteiger partial charge < -0.3 is 24.0 Å². The van der Waals surface area contributed by atoms with Gasteiger partial charge in [0.2, 0.25) is 0 Å². The summed E-state index contributed by atoms with van der Waals surface area (Å²) in [5.41, 5.74) is 6.25. The minimum atomic E-state index is -0.0153. The summed E-state index contributed by atoms with van der Waals surface area (Å²) in [4.78, 5) is 19.5. The average molecular weight is 584 g/mol. The maximum atomic E-state index is 12.7. The van der Waals surface area contributed by atoms with Gasteiger partial charge in [0.1, 0.15) is 11.8 Å². The highest BCUT2D eigenvalue weighted by molar-refractivity contribution is 14.1. The molecule has 0 N–H and O–H groups in total. The smallest absolute Gasteiger partial charge is 0.253 e. The molecule has 1 saturated heterocycles. The number of hydrogen-bond acceptors (Lipinski definition) is 7. The number of methoxy groups -OCH3 is 1. The molecule has 0 unspecified atom stereocenters. The van der Waals surface area contributed by atoms with Crippen LogP contribution in [0.25, 0.3) is 10.9 Å². The van der Waals surface area contributed by atoms with Crippen molar-refractivity contribution < 1.29 is 4.74 Å². The van der Waals surface area contributed by atoms with Crippen LogP contribution >= 0.6 is 22.9 Å². The lowest BCUT2D eigenvalue weighted by Crippen LogP contribution is -2.43. The fourth-order valence-electron chi connectivity index (χ4n) is 5.12. The summed E-state index contributed by atoms with van der Waals surface area (Å²) in [6.45, 7) is 7.18. The zero-order valence-electron chi connectivity index (χ0n) is 20.5. The molecule has 1 fully saturated rings. The highest BCUT2D eigenvalue weighted by atomic mass is 127. The number of nitriles is 1. The lowest BCUT2D eigenvalue weighted by atomic mass is 10.0. The van der Waals surface area contributed by atoms with E-state index in [1.807, 2.05) is 31.2 Å². The number of fused-ring (bicyclic) bond motifs is 2. The molecule has 0 spiro atoms. The Hall–Kier alpha value is -2.97. The molecule has 3 aromatic rings. The molecule has 182 valence electrons. The zero-order chi connectivity index (χ0) is 24.9. The van der Waals surface area contributed by atoms with Crippen LogP contribution in [0.5, 0.6) is 5.75 Å². The number of nitrogens with zero attached hydrogens (tertiary/aromatic N) is 6. The van der Waals surface area contributed by atoms with Crippen molar-refractivity contribution in [2.45, 2.75) is 6.92 Å². The summed E-state index contributed by atoms with van der Waals surface area (Å²) in [6, 6.07) is 12.6. The quantitative estimate of drug-likeness (QED) is 0.343. The molecule has 1 aromatic heterocycles. The summed E-state index contributed by atoms with van der Waals surface area (Å²) in [6.07, 6.45) is 0. The van der Waals surface area contributed by atoms with Crippen LogP contribution in [-0.2, 0) is 7.05 Å². The number of pyridine rings is 1. The highest BCUT2D eigenvalue weighted by Crippen LogP contribution is 2.44. The first-order chi connectivity index (χ1) is 16.8. The first kappa shape index (κ1) is 23.8. The number of benzene rings is 2. The predicted octanol–water partition coefficient (Wildman–Crippen LogP) is 3.79. The van der Waals surface area contributed by atoms with E-state index in [-0.39, 0.29) is 5.56 Å². The number of piperazine rings is 1. The molecule has 0 radical (unpaired) electrons. The van der Waals surface area contributed by atoms with E-state index in [1.165, 1.54) is 0 Å². The number of halogens is 1. The van der Waals surface area contributed by atoms with Gasteiger partial charge in [-0.25, -0.2) is 3.11 Å². The Balaban J connectivity index is 1.70. The summed E-state index contributed by atoms with van der Waals surface area (Å²) in [5.74, 6) is 0.695. The summed E-state index contributed by atoms with van der Waals surface area (Å²) in [5, 5.41) is 11.1. The highest BCUT2D eigenvalue weighted by Gasteiger charge is 2.28. The Morgan fingerprint density at radius 1 is 0.914 bits per heavy atom. The second-order valence-corrected chi connectivity index (χ2v) is 10.6. The summed E-state index contributed by atoms with van der Waals surface area (Å²) < 4.78 is 9.60. The molecule has 0 aliphatic carbocycles. The van der Waals surface area contributed by atoms with E-state index in [2.05, 4.69) is 59.9 Å². The van der Waals surface area contributed by atoms with Crippen LogP contribution in [0.2, 0.25) is 0 Å². The Morgan fingerprint density at radius 3 is 2.34 bits per heavy atom. The van der Waals surface area contributed by atoms with Gasteiger partial charge in [0.15, 0.2) is 0 Å². The first-order valence-corrected chi connectivity index (χ1v) is 12.7. The molecular formula is C26H29IN6O2.